The molecule has 0 bridgehead atoms. The van der Waals surface area contributed by atoms with Crippen molar-refractivity contribution in [1.82, 2.24) is 14.1 Å². The number of pyridine rings is 1. The Kier molecular flexibility index (Phi) is 13.3. The van der Waals surface area contributed by atoms with E-state index in [1.807, 2.05) is 0 Å². The Hall–Kier alpha value is -7.43. The van der Waals surface area contributed by atoms with Gasteiger partial charge in [-0.2, -0.15) is 0 Å². The maximum Gasteiger partial charge on any atom is 0.252 e. The van der Waals surface area contributed by atoms with Crippen LogP contribution in [0.3, 0.4) is 0 Å². The Labute approximate surface area is 533 Å². The normalized spacial score (nSPS) is 14.0. The molecule has 0 aliphatic carbocycles. The van der Waals surface area contributed by atoms with Crippen molar-refractivity contribution in [2.24, 2.45) is 0 Å². The molecule has 0 saturated heterocycles. The summed E-state index contributed by atoms with van der Waals surface area (Å²) in [6.07, 6.45) is 0. The quantitative estimate of drug-likeness (QED) is 0.161. The molecule has 2 aliphatic rings. The van der Waals surface area contributed by atoms with Crippen molar-refractivity contribution in [3.63, 3.8) is 0 Å². The molecular weight excluding hydrogens is 1070 g/mol. The Bertz CT molecular complexity index is 4470. The minimum Gasteiger partial charge on any atom is -0.310 e. The van der Waals surface area contributed by atoms with Gasteiger partial charge in [0, 0.05) is 55.1 Å². The van der Waals surface area contributed by atoms with Crippen molar-refractivity contribution in [2.45, 2.75) is 209 Å². The largest absolute Gasteiger partial charge is 0.310 e. The maximum atomic E-state index is 5.81. The highest BCUT2D eigenvalue weighted by atomic mass is 15.0. The van der Waals surface area contributed by atoms with Crippen LogP contribution in [0.5, 0.6) is 0 Å². The van der Waals surface area contributed by atoms with Gasteiger partial charge >= 0.3 is 0 Å². The van der Waals surface area contributed by atoms with Crippen LogP contribution in [0.2, 0.25) is 0 Å². The number of nitrogens with zero attached hydrogens (tertiary/aromatic N) is 3. The molecule has 3 nitrogen and oxygen atoms in total. The summed E-state index contributed by atoms with van der Waals surface area (Å²) < 4.78 is 5.46. The highest BCUT2D eigenvalue weighted by molar-refractivity contribution is 7.00. The van der Waals surface area contributed by atoms with Gasteiger partial charge in [-0.1, -0.05) is 251 Å². The third-order valence-electron chi connectivity index (χ3n) is 20.0. The molecule has 8 aromatic carbocycles. The maximum absolute atomic E-state index is 5.81. The van der Waals surface area contributed by atoms with Crippen LogP contribution >= 0.6 is 0 Å². The molecular formula is C85H96BN3. The summed E-state index contributed by atoms with van der Waals surface area (Å²) in [6.45, 7) is 56.6. The van der Waals surface area contributed by atoms with Crippen LogP contribution in [0.25, 0.3) is 99.8 Å². The van der Waals surface area contributed by atoms with Gasteiger partial charge in [0.15, 0.2) is 0 Å². The molecule has 0 saturated carbocycles. The number of rotatable bonds is 4. The van der Waals surface area contributed by atoms with Crippen molar-refractivity contribution in [1.29, 1.82) is 0 Å². The van der Waals surface area contributed by atoms with Gasteiger partial charge in [0.2, 0.25) is 0 Å². The van der Waals surface area contributed by atoms with Crippen molar-refractivity contribution in [3.05, 3.63) is 190 Å². The second kappa shape index (κ2) is 19.5. The van der Waals surface area contributed by atoms with E-state index in [0.29, 0.717) is 0 Å². The van der Waals surface area contributed by atoms with Crippen molar-refractivity contribution < 1.29 is 0 Å². The summed E-state index contributed by atoms with van der Waals surface area (Å²) in [5, 5.41) is 5.30. The Morgan fingerprint density at radius 1 is 0.292 bits per heavy atom. The second-order valence-electron chi connectivity index (χ2n) is 35.2. The average molecular weight is 1170 g/mol. The molecule has 0 atom stereocenters. The first-order valence-corrected chi connectivity index (χ1v) is 33.0. The van der Waals surface area contributed by atoms with Crippen molar-refractivity contribution >= 4 is 66.7 Å². The zero-order chi connectivity index (χ0) is 64.2. The lowest BCUT2D eigenvalue weighted by Crippen LogP contribution is -2.59. The van der Waals surface area contributed by atoms with Gasteiger partial charge in [-0.05, 0) is 187 Å². The minimum atomic E-state index is -0.169. The highest BCUT2D eigenvalue weighted by Gasteiger charge is 2.44. The lowest BCUT2D eigenvalue weighted by atomic mass is 9.34. The summed E-state index contributed by atoms with van der Waals surface area (Å²) in [5.74, 6) is 0. The molecule has 0 spiro atoms. The Balaban J connectivity index is 1.24. The van der Waals surface area contributed by atoms with Crippen LogP contribution in [0, 0.1) is 0 Å². The zero-order valence-corrected chi connectivity index (χ0v) is 58.3. The minimum absolute atomic E-state index is 0.0295. The van der Waals surface area contributed by atoms with E-state index in [1.165, 1.54) is 138 Å². The number of aromatic nitrogens is 3. The number of hydrogen-bond acceptors (Lipinski definition) is 1. The van der Waals surface area contributed by atoms with Gasteiger partial charge in [0.25, 0.3) is 6.71 Å². The molecule has 11 aromatic rings. The molecule has 89 heavy (non-hydrogen) atoms. The average Bonchev–Trinajstić information content (AvgIpc) is 1.56. The molecule has 0 radical (unpaired) electrons. The van der Waals surface area contributed by atoms with Crippen LogP contribution < -0.4 is 16.4 Å². The zero-order valence-electron chi connectivity index (χ0n) is 58.3. The summed E-state index contributed by atoms with van der Waals surface area (Å²) in [6, 6.07) is 58.5. The molecule has 4 heteroatoms. The molecule has 2 aliphatic heterocycles. The Morgan fingerprint density at radius 2 is 0.629 bits per heavy atom. The van der Waals surface area contributed by atoms with Crippen LogP contribution in [-0.4, -0.2) is 20.8 Å². The topological polar surface area (TPSA) is 22.8 Å². The van der Waals surface area contributed by atoms with E-state index >= 15 is 0 Å². The van der Waals surface area contributed by atoms with E-state index in [4.69, 9.17) is 4.98 Å². The van der Waals surface area contributed by atoms with Crippen LogP contribution in [0.4, 0.5) is 0 Å². The van der Waals surface area contributed by atoms with E-state index < -0.39 is 0 Å². The third kappa shape index (κ3) is 10.0. The monoisotopic (exact) mass is 1170 g/mol. The second-order valence-corrected chi connectivity index (χ2v) is 35.2. The van der Waals surface area contributed by atoms with Gasteiger partial charge in [0.1, 0.15) is 0 Å². The predicted octanol–water partition coefficient (Wildman–Crippen LogP) is 21.5. The fraction of sp³-hybridized carbons (Fsp3) is 0.376. The SMILES string of the molecule is CC(C)(C)c1ccc(-c2cc3c4c(c2)c2c(C(C)(C)C)cc(C(C)(C)C)cc2n4-c2cc(-c4cccc(-c5cc(C(C)(C)C)cc(C(C)(C)C)c5)n4)cc4c2B3c2cc(-c3ccc(C(C)(C)C)cc3)cc3c5c(C(C)(C)C)cc(C(C)(C)C)cc5n-4c23)cc1. The molecule has 3 aromatic heterocycles. The lowest BCUT2D eigenvalue weighted by molar-refractivity contribution is 0.569. The van der Waals surface area contributed by atoms with E-state index in [1.54, 1.807) is 0 Å². The fourth-order valence-corrected chi connectivity index (χ4v) is 14.6. The summed E-state index contributed by atoms with van der Waals surface area (Å²) in [4.78, 5) is 5.81. The van der Waals surface area contributed by atoms with Gasteiger partial charge < -0.3 is 9.13 Å². The molecule has 0 N–H and O–H groups in total. The van der Waals surface area contributed by atoms with Crippen LogP contribution in [0.1, 0.15) is 211 Å². The summed E-state index contributed by atoms with van der Waals surface area (Å²) in [5.41, 5.74) is 31.0. The van der Waals surface area contributed by atoms with Gasteiger partial charge in [-0.15, -0.1) is 0 Å². The summed E-state index contributed by atoms with van der Waals surface area (Å²) >= 11 is 0. The molecule has 13 rings (SSSR count). The third-order valence-corrected chi connectivity index (χ3v) is 20.0. The van der Waals surface area contributed by atoms with Gasteiger partial charge in [-0.25, -0.2) is 4.98 Å². The molecule has 0 unspecified atom stereocenters. The molecule has 0 fully saturated rings. The molecule has 454 valence electrons. The molecule has 5 heterocycles. The standard InChI is InChI=1S/C85H96BN3/c1-78(2,3)55-32-28-49(29-33-55)51-38-61-73-63(84(19,20)21)45-59(82(13,14)15)47-69(73)88-71-42-54(68-27-25-26-67(87-68)53-36-57(80(7,8)9)44-58(37-53)81(10,11)12)43-72-75(71)86(65(40-51)76(61)88)66-41-52(50-30-34-56(35-31-50)79(4,5)6)39-62-74-64(85(22,23)24)46-60(83(16,17)18)48-70(74)89(72)77(62)66/h25-48H,1-24H3. The highest BCUT2D eigenvalue weighted by Crippen LogP contribution is 2.49. The number of benzene rings is 8. The van der Waals surface area contributed by atoms with Gasteiger partial charge in [0.05, 0.1) is 22.4 Å². The molecule has 0 amide bonds. The summed E-state index contributed by atoms with van der Waals surface area (Å²) in [7, 11) is 0. The van der Waals surface area contributed by atoms with Crippen molar-refractivity contribution in [3.8, 4) is 56.1 Å². The van der Waals surface area contributed by atoms with Crippen LogP contribution in [-0.2, 0) is 43.3 Å². The van der Waals surface area contributed by atoms with Crippen LogP contribution in [0.15, 0.2) is 146 Å². The Morgan fingerprint density at radius 3 is 0.966 bits per heavy atom. The first-order valence-electron chi connectivity index (χ1n) is 33.0. The van der Waals surface area contributed by atoms with Crippen molar-refractivity contribution in [2.75, 3.05) is 0 Å². The first kappa shape index (κ1) is 60.5. The number of hydrogen-bond donors (Lipinski definition) is 0. The fourth-order valence-electron chi connectivity index (χ4n) is 14.6. The predicted molar refractivity (Wildman–Crippen MR) is 389 cm³/mol. The van der Waals surface area contributed by atoms with E-state index in [0.717, 1.165) is 22.5 Å². The number of fused-ring (bicyclic) bond motifs is 10. The van der Waals surface area contributed by atoms with E-state index in [-0.39, 0.29) is 50.0 Å². The van der Waals surface area contributed by atoms with E-state index in [9.17, 15) is 0 Å². The van der Waals surface area contributed by atoms with Gasteiger partial charge in [-0.3, -0.25) is 0 Å². The lowest BCUT2D eigenvalue weighted by Gasteiger charge is -2.35. The van der Waals surface area contributed by atoms with E-state index in [2.05, 4.69) is 321 Å². The smallest absolute Gasteiger partial charge is 0.252 e. The first-order chi connectivity index (χ1) is 41.2.